The summed E-state index contributed by atoms with van der Waals surface area (Å²) in [5.74, 6) is -0.560. The van der Waals surface area contributed by atoms with Gasteiger partial charge in [0.25, 0.3) is 11.5 Å². The van der Waals surface area contributed by atoms with E-state index in [2.05, 4.69) is 4.98 Å². The molecule has 1 saturated carbocycles. The van der Waals surface area contributed by atoms with Gasteiger partial charge in [-0.3, -0.25) is 9.59 Å². The highest BCUT2D eigenvalue weighted by molar-refractivity contribution is 5.93. The number of carbonyl (C=O) groups excluding carboxylic acids is 1. The van der Waals surface area contributed by atoms with E-state index in [9.17, 15) is 22.8 Å². The molecule has 0 spiro atoms. The second-order valence-electron chi connectivity index (χ2n) is 8.28. The molecule has 1 amide bonds. The normalized spacial score (nSPS) is 20.4. The molecular formula is C23H21F3N4O3. The number of imidazole rings is 1. The number of hydrogen-bond donors (Lipinski definition) is 0. The van der Waals surface area contributed by atoms with Crippen molar-refractivity contribution in [3.8, 4) is 11.4 Å². The summed E-state index contributed by atoms with van der Waals surface area (Å²) in [6.07, 6.45) is -0.611. The van der Waals surface area contributed by atoms with Gasteiger partial charge in [0.2, 0.25) is 0 Å². The van der Waals surface area contributed by atoms with Crippen LogP contribution < -0.4 is 10.3 Å². The zero-order chi connectivity index (χ0) is 23.3. The first kappa shape index (κ1) is 21.3. The molecule has 1 aliphatic carbocycles. The van der Waals surface area contributed by atoms with Gasteiger partial charge in [0.05, 0.1) is 23.6 Å². The minimum Gasteiger partial charge on any atom is -0.488 e. The maximum absolute atomic E-state index is 13.3. The van der Waals surface area contributed by atoms with E-state index < -0.39 is 17.8 Å². The van der Waals surface area contributed by atoms with Crippen LogP contribution in [-0.4, -0.2) is 43.6 Å². The monoisotopic (exact) mass is 458 g/mol. The number of aryl methyl sites for hydroxylation is 1. The van der Waals surface area contributed by atoms with Gasteiger partial charge in [-0.05, 0) is 44.0 Å². The van der Waals surface area contributed by atoms with Crippen LogP contribution in [0.15, 0.2) is 53.7 Å². The van der Waals surface area contributed by atoms with E-state index in [0.717, 1.165) is 11.8 Å². The number of nitrogens with zero attached hydrogens (tertiary/aromatic N) is 4. The third-order valence-corrected chi connectivity index (χ3v) is 6.24. The zero-order valence-corrected chi connectivity index (χ0v) is 17.7. The lowest BCUT2D eigenvalue weighted by molar-refractivity contribution is -0.140. The van der Waals surface area contributed by atoms with E-state index in [4.69, 9.17) is 4.74 Å². The Morgan fingerprint density at radius 2 is 1.85 bits per heavy atom. The molecule has 3 aromatic rings. The molecule has 0 bridgehead atoms. The highest BCUT2D eigenvalue weighted by atomic mass is 19.4. The molecule has 172 valence electrons. The quantitative estimate of drug-likeness (QED) is 0.601. The maximum atomic E-state index is 13.3. The molecule has 10 heteroatoms. The van der Waals surface area contributed by atoms with Crippen molar-refractivity contribution in [1.82, 2.24) is 19.0 Å². The fourth-order valence-electron chi connectivity index (χ4n) is 4.41. The fourth-order valence-corrected chi connectivity index (χ4v) is 4.41. The number of fused-ring (bicyclic) bond motifs is 1. The average Bonchev–Trinajstić information content (AvgIpc) is 3.19. The molecule has 33 heavy (non-hydrogen) atoms. The first-order chi connectivity index (χ1) is 15.7. The fraction of sp³-hybridized carbons (Fsp3) is 0.348. The van der Waals surface area contributed by atoms with Gasteiger partial charge in [-0.15, -0.1) is 0 Å². The molecule has 0 unspecified atom stereocenters. The minimum atomic E-state index is -4.53. The number of rotatable bonds is 4. The van der Waals surface area contributed by atoms with E-state index in [0.29, 0.717) is 25.1 Å². The molecule has 2 atom stereocenters. The Bertz CT molecular complexity index is 1280. The van der Waals surface area contributed by atoms with E-state index >= 15 is 0 Å². The molecule has 1 aromatic carbocycles. The van der Waals surface area contributed by atoms with Crippen molar-refractivity contribution in [3.05, 3.63) is 76.2 Å². The predicted molar refractivity (Wildman–Crippen MR) is 112 cm³/mol. The van der Waals surface area contributed by atoms with Crippen molar-refractivity contribution < 1.29 is 22.7 Å². The standard InChI is InChI=1S/C23H21F3N4O3/c1-14-12-28(13-27-14)17-6-7-18-22(32)29(10-11-30(18)21(17)31)16-8-9-20(16)33-19-5-3-2-4-15(19)23(24,25)26/h2-7,12-13,16,20H,8-11H2,1H3/t16-,20+/m1/s1. The number of carbonyl (C=O) groups is 1. The molecule has 5 rings (SSSR count). The van der Waals surface area contributed by atoms with Crippen LogP contribution in [0.3, 0.4) is 0 Å². The Morgan fingerprint density at radius 1 is 1.06 bits per heavy atom. The second-order valence-corrected chi connectivity index (χ2v) is 8.28. The molecular weight excluding hydrogens is 437 g/mol. The third kappa shape index (κ3) is 3.69. The SMILES string of the molecule is Cc1cn(-c2ccc3n(c2=O)CCN([C@@H]2CC[C@@H]2Oc2ccccc2C(F)(F)F)C3=O)cn1. The summed E-state index contributed by atoms with van der Waals surface area (Å²) >= 11 is 0. The van der Waals surface area contributed by atoms with E-state index in [-0.39, 0.29) is 35.5 Å². The highest BCUT2D eigenvalue weighted by Gasteiger charge is 2.43. The molecule has 0 saturated heterocycles. The van der Waals surface area contributed by atoms with Gasteiger partial charge in [0.1, 0.15) is 23.2 Å². The van der Waals surface area contributed by atoms with Crippen molar-refractivity contribution >= 4 is 5.91 Å². The van der Waals surface area contributed by atoms with Crippen LogP contribution in [0, 0.1) is 6.92 Å². The molecule has 2 aliphatic rings. The average molecular weight is 458 g/mol. The lowest BCUT2D eigenvalue weighted by Gasteiger charge is -2.45. The molecule has 7 nitrogen and oxygen atoms in total. The third-order valence-electron chi connectivity index (χ3n) is 6.24. The lowest BCUT2D eigenvalue weighted by Crippen LogP contribution is -2.58. The van der Waals surface area contributed by atoms with Crippen LogP contribution in [-0.2, 0) is 12.7 Å². The van der Waals surface area contributed by atoms with Crippen LogP contribution in [0.25, 0.3) is 5.69 Å². The van der Waals surface area contributed by atoms with Gasteiger partial charge >= 0.3 is 6.18 Å². The zero-order valence-electron chi connectivity index (χ0n) is 17.7. The number of amides is 1. The predicted octanol–water partition coefficient (Wildman–Crippen LogP) is 3.43. The number of benzene rings is 1. The molecule has 3 heterocycles. The summed E-state index contributed by atoms with van der Waals surface area (Å²) in [5.41, 5.74) is 0.295. The van der Waals surface area contributed by atoms with Crippen LogP contribution in [0.1, 0.15) is 34.6 Å². The van der Waals surface area contributed by atoms with Crippen LogP contribution in [0.4, 0.5) is 13.2 Å². The largest absolute Gasteiger partial charge is 0.488 e. The smallest absolute Gasteiger partial charge is 0.419 e. The summed E-state index contributed by atoms with van der Waals surface area (Å²) in [6, 6.07) is 7.93. The van der Waals surface area contributed by atoms with Crippen molar-refractivity contribution in [2.75, 3.05) is 6.54 Å². The van der Waals surface area contributed by atoms with Crippen molar-refractivity contribution in [2.24, 2.45) is 0 Å². The Kier molecular flexibility index (Phi) is 5.02. The molecule has 1 fully saturated rings. The summed E-state index contributed by atoms with van der Waals surface area (Å²) in [7, 11) is 0. The van der Waals surface area contributed by atoms with Gasteiger partial charge in [-0.25, -0.2) is 4.98 Å². The van der Waals surface area contributed by atoms with Crippen molar-refractivity contribution in [1.29, 1.82) is 0 Å². The number of ether oxygens (including phenoxy) is 1. The Balaban J connectivity index is 1.37. The van der Waals surface area contributed by atoms with Crippen LogP contribution in [0.2, 0.25) is 0 Å². The molecule has 1 aliphatic heterocycles. The minimum absolute atomic E-state index is 0.235. The summed E-state index contributed by atoms with van der Waals surface area (Å²) in [4.78, 5) is 31.9. The number of hydrogen-bond acceptors (Lipinski definition) is 4. The Labute approximate surface area is 187 Å². The van der Waals surface area contributed by atoms with E-state index in [1.165, 1.54) is 22.8 Å². The van der Waals surface area contributed by atoms with Crippen molar-refractivity contribution in [2.45, 2.75) is 44.6 Å². The second kappa shape index (κ2) is 7.79. The topological polar surface area (TPSA) is 69.4 Å². The maximum Gasteiger partial charge on any atom is 0.419 e. The molecule has 0 N–H and O–H groups in total. The van der Waals surface area contributed by atoms with E-state index in [1.807, 2.05) is 6.92 Å². The molecule has 0 radical (unpaired) electrons. The number of para-hydroxylation sites is 1. The number of halogens is 3. The Morgan fingerprint density at radius 3 is 2.52 bits per heavy atom. The van der Waals surface area contributed by atoms with Crippen molar-refractivity contribution in [3.63, 3.8) is 0 Å². The number of aromatic nitrogens is 3. The lowest BCUT2D eigenvalue weighted by atomic mass is 9.86. The van der Waals surface area contributed by atoms with Gasteiger partial charge in [-0.2, -0.15) is 13.2 Å². The Hall–Kier alpha value is -3.56. The highest BCUT2D eigenvalue weighted by Crippen LogP contribution is 2.39. The van der Waals surface area contributed by atoms with E-state index in [1.54, 1.807) is 34.1 Å². The summed E-state index contributed by atoms with van der Waals surface area (Å²) in [5, 5.41) is 0. The van der Waals surface area contributed by atoms with Gasteiger partial charge in [-0.1, -0.05) is 12.1 Å². The number of alkyl halides is 3. The first-order valence-corrected chi connectivity index (χ1v) is 10.6. The molecule has 2 aromatic heterocycles. The van der Waals surface area contributed by atoms with Gasteiger partial charge < -0.3 is 18.8 Å². The summed E-state index contributed by atoms with van der Waals surface area (Å²) in [6.45, 7) is 2.39. The number of pyridine rings is 1. The van der Waals surface area contributed by atoms with Crippen LogP contribution >= 0.6 is 0 Å². The summed E-state index contributed by atoms with van der Waals surface area (Å²) < 4.78 is 48.7. The van der Waals surface area contributed by atoms with Gasteiger partial charge in [0.15, 0.2) is 0 Å². The van der Waals surface area contributed by atoms with Gasteiger partial charge in [0, 0.05) is 19.3 Å². The van der Waals surface area contributed by atoms with Crippen LogP contribution in [0.5, 0.6) is 5.75 Å². The first-order valence-electron chi connectivity index (χ1n) is 10.6.